The molecule has 0 bridgehead atoms. The van der Waals surface area contributed by atoms with E-state index in [9.17, 15) is 0 Å². The first-order valence-electron chi connectivity index (χ1n) is 16.6. The van der Waals surface area contributed by atoms with Crippen molar-refractivity contribution in [3.8, 4) is 44.9 Å². The number of nitrogens with zero attached hydrogens (tertiary/aromatic N) is 2. The van der Waals surface area contributed by atoms with Crippen LogP contribution in [0.25, 0.3) is 99.3 Å². The second kappa shape index (κ2) is 11.0. The molecule has 2 aromatic heterocycles. The Kier molecular flexibility index (Phi) is 6.18. The molecule has 3 nitrogen and oxygen atoms in total. The van der Waals surface area contributed by atoms with Gasteiger partial charge >= 0.3 is 0 Å². The zero-order valence-electron chi connectivity index (χ0n) is 26.5. The van der Waals surface area contributed by atoms with Gasteiger partial charge in [0.15, 0.2) is 5.82 Å². The molecule has 0 saturated carbocycles. The lowest BCUT2D eigenvalue weighted by molar-refractivity contribution is 0.673. The van der Waals surface area contributed by atoms with E-state index in [0.717, 1.165) is 71.6 Å². The van der Waals surface area contributed by atoms with Crippen molar-refractivity contribution in [2.75, 3.05) is 0 Å². The first kappa shape index (κ1) is 27.5. The summed E-state index contributed by atoms with van der Waals surface area (Å²) in [6.07, 6.45) is 0. The summed E-state index contributed by atoms with van der Waals surface area (Å²) in [4.78, 5) is 10.3. The molecule has 0 spiro atoms. The van der Waals surface area contributed by atoms with Gasteiger partial charge in [-0.15, -0.1) is 0 Å². The lowest BCUT2D eigenvalue weighted by atomic mass is 9.93. The largest absolute Gasteiger partial charge is 0.455 e. The van der Waals surface area contributed by atoms with E-state index in [1.807, 2.05) is 30.3 Å². The van der Waals surface area contributed by atoms with Gasteiger partial charge in [-0.2, -0.15) is 0 Å². The molecule has 8 aromatic carbocycles. The Balaban J connectivity index is 1.18. The van der Waals surface area contributed by atoms with E-state index >= 15 is 0 Å². The Labute approximate surface area is 282 Å². The molecule has 0 aliphatic rings. The average Bonchev–Trinajstić information content (AvgIpc) is 3.56. The van der Waals surface area contributed by atoms with E-state index in [4.69, 9.17) is 14.4 Å². The predicted molar refractivity (Wildman–Crippen MR) is 204 cm³/mol. The molecule has 10 rings (SSSR count). The molecule has 0 N–H and O–H groups in total. The zero-order chi connectivity index (χ0) is 32.3. The second-order valence-corrected chi connectivity index (χ2v) is 12.5. The number of furan rings is 1. The molecule has 0 saturated heterocycles. The van der Waals surface area contributed by atoms with Crippen molar-refractivity contribution in [3.63, 3.8) is 0 Å². The number of hydrogen-bond acceptors (Lipinski definition) is 3. The molecule has 0 radical (unpaired) electrons. The summed E-state index contributed by atoms with van der Waals surface area (Å²) >= 11 is 0. The maximum Gasteiger partial charge on any atom is 0.161 e. The first-order valence-corrected chi connectivity index (χ1v) is 16.6. The highest BCUT2D eigenvalue weighted by molar-refractivity contribution is 6.22. The van der Waals surface area contributed by atoms with Gasteiger partial charge in [0.25, 0.3) is 0 Å². The molecule has 0 unspecified atom stereocenters. The van der Waals surface area contributed by atoms with Crippen molar-refractivity contribution in [2.24, 2.45) is 0 Å². The second-order valence-electron chi connectivity index (χ2n) is 12.5. The summed E-state index contributed by atoms with van der Waals surface area (Å²) in [5.74, 6) is 0.681. The molecule has 0 amide bonds. The minimum absolute atomic E-state index is 0.681. The van der Waals surface area contributed by atoms with Gasteiger partial charge in [0.1, 0.15) is 11.2 Å². The Morgan fingerprint density at radius 1 is 0.388 bits per heavy atom. The minimum Gasteiger partial charge on any atom is -0.455 e. The number of para-hydroxylation sites is 1. The molecule has 0 atom stereocenters. The van der Waals surface area contributed by atoms with Crippen LogP contribution >= 0.6 is 0 Å². The molecule has 0 aliphatic heterocycles. The van der Waals surface area contributed by atoms with Crippen LogP contribution in [0.15, 0.2) is 174 Å². The van der Waals surface area contributed by atoms with E-state index < -0.39 is 0 Å². The summed E-state index contributed by atoms with van der Waals surface area (Å²) in [7, 11) is 0. The Bertz CT molecular complexity index is 2870. The fraction of sp³-hybridized carbons (Fsp3) is 0. The van der Waals surface area contributed by atoms with Crippen molar-refractivity contribution < 1.29 is 4.42 Å². The highest BCUT2D eigenvalue weighted by Gasteiger charge is 2.20. The molecule has 10 aromatic rings. The van der Waals surface area contributed by atoms with Crippen LogP contribution in [0.2, 0.25) is 0 Å². The van der Waals surface area contributed by atoms with Crippen molar-refractivity contribution in [2.45, 2.75) is 0 Å². The van der Waals surface area contributed by atoms with Crippen LogP contribution in [0.3, 0.4) is 0 Å². The number of benzene rings is 8. The SMILES string of the molecule is c1ccc(-c2nc(-c3cccc4oc5c6ccccc6c(-c6ccc(-c7ccc8ccccc8c7)cc6)cc5c34)nc3ccccc23)cc1. The van der Waals surface area contributed by atoms with Gasteiger partial charge in [-0.3, -0.25) is 0 Å². The molecular weight excluding hydrogens is 597 g/mol. The third kappa shape index (κ3) is 4.51. The Morgan fingerprint density at radius 3 is 1.94 bits per heavy atom. The fourth-order valence-corrected chi connectivity index (χ4v) is 7.30. The minimum atomic E-state index is 0.681. The number of hydrogen-bond donors (Lipinski definition) is 0. The maximum atomic E-state index is 6.68. The van der Waals surface area contributed by atoms with E-state index in [1.165, 1.54) is 21.9 Å². The summed E-state index contributed by atoms with van der Waals surface area (Å²) < 4.78 is 6.68. The van der Waals surface area contributed by atoms with Crippen LogP contribution < -0.4 is 0 Å². The lowest BCUT2D eigenvalue weighted by Crippen LogP contribution is -1.95. The van der Waals surface area contributed by atoms with Crippen molar-refractivity contribution >= 4 is 54.4 Å². The number of fused-ring (bicyclic) bond motifs is 7. The molecule has 3 heteroatoms. The van der Waals surface area contributed by atoms with Crippen LogP contribution in [0.1, 0.15) is 0 Å². The van der Waals surface area contributed by atoms with Gasteiger partial charge in [-0.25, -0.2) is 9.97 Å². The normalized spacial score (nSPS) is 11.7. The van der Waals surface area contributed by atoms with Crippen LogP contribution in [0.5, 0.6) is 0 Å². The molecule has 49 heavy (non-hydrogen) atoms. The number of aromatic nitrogens is 2. The van der Waals surface area contributed by atoms with Crippen molar-refractivity contribution in [3.05, 3.63) is 170 Å². The van der Waals surface area contributed by atoms with Gasteiger partial charge < -0.3 is 4.42 Å². The quantitative estimate of drug-likeness (QED) is 0.196. The van der Waals surface area contributed by atoms with E-state index in [2.05, 4.69) is 140 Å². The fourth-order valence-electron chi connectivity index (χ4n) is 7.30. The third-order valence-electron chi connectivity index (χ3n) is 9.67. The first-order chi connectivity index (χ1) is 24.3. The molecule has 0 aliphatic carbocycles. The Hall–Kier alpha value is -6.58. The van der Waals surface area contributed by atoms with Gasteiger partial charge in [0.05, 0.1) is 11.2 Å². The Morgan fingerprint density at radius 2 is 1.08 bits per heavy atom. The van der Waals surface area contributed by atoms with Gasteiger partial charge in [-0.1, -0.05) is 146 Å². The van der Waals surface area contributed by atoms with E-state index in [0.29, 0.717) is 5.82 Å². The monoisotopic (exact) mass is 624 g/mol. The van der Waals surface area contributed by atoms with E-state index in [-0.39, 0.29) is 0 Å². The van der Waals surface area contributed by atoms with Crippen molar-refractivity contribution in [1.29, 1.82) is 0 Å². The van der Waals surface area contributed by atoms with Gasteiger partial charge in [0, 0.05) is 32.7 Å². The molecule has 228 valence electrons. The molecular formula is C46H28N2O. The molecule has 2 heterocycles. The van der Waals surface area contributed by atoms with Crippen LogP contribution in [-0.2, 0) is 0 Å². The zero-order valence-corrected chi connectivity index (χ0v) is 26.5. The van der Waals surface area contributed by atoms with Gasteiger partial charge in [0.2, 0.25) is 0 Å². The smallest absolute Gasteiger partial charge is 0.161 e. The van der Waals surface area contributed by atoms with Crippen LogP contribution in [0, 0.1) is 0 Å². The summed E-state index contributed by atoms with van der Waals surface area (Å²) in [6, 6.07) is 59.7. The van der Waals surface area contributed by atoms with Crippen molar-refractivity contribution in [1.82, 2.24) is 9.97 Å². The van der Waals surface area contributed by atoms with Crippen LogP contribution in [-0.4, -0.2) is 9.97 Å². The summed E-state index contributed by atoms with van der Waals surface area (Å²) in [5.41, 5.74) is 10.3. The predicted octanol–water partition coefficient (Wildman–Crippen LogP) is 12.5. The highest BCUT2D eigenvalue weighted by atomic mass is 16.3. The lowest BCUT2D eigenvalue weighted by Gasteiger charge is -2.11. The summed E-state index contributed by atoms with van der Waals surface area (Å²) in [5, 5.41) is 7.83. The van der Waals surface area contributed by atoms with Crippen LogP contribution in [0.4, 0.5) is 0 Å². The standard InChI is InChI=1S/C46H28N2O/c1-2-12-32(13-3-1)44-37-17-8-9-19-41(37)47-46(48-44)38-18-10-20-42-43(38)40-28-39(35-15-6-7-16-36(35)45(40)49-42)31-24-21-30(22-25-31)34-26-23-29-11-4-5-14-33(29)27-34/h1-28H. The highest BCUT2D eigenvalue weighted by Crippen LogP contribution is 2.43. The van der Waals surface area contributed by atoms with E-state index in [1.54, 1.807) is 0 Å². The van der Waals surface area contributed by atoms with Gasteiger partial charge in [-0.05, 0) is 62.7 Å². The molecule has 0 fully saturated rings. The average molecular weight is 625 g/mol. The third-order valence-corrected chi connectivity index (χ3v) is 9.67. The maximum absolute atomic E-state index is 6.68. The number of rotatable bonds is 4. The topological polar surface area (TPSA) is 38.9 Å². The summed E-state index contributed by atoms with van der Waals surface area (Å²) in [6.45, 7) is 0.